The average Bonchev–Trinajstić information content (AvgIpc) is 3.45. The van der Waals surface area contributed by atoms with Gasteiger partial charge in [-0.25, -0.2) is 4.99 Å². The number of carbonyl (C=O) groups is 2. The minimum absolute atomic E-state index is 0.0232. The van der Waals surface area contributed by atoms with E-state index < -0.39 is 17.9 Å². The maximum atomic E-state index is 13.2. The Bertz CT molecular complexity index is 1130. The van der Waals surface area contributed by atoms with Crippen molar-refractivity contribution in [3.63, 3.8) is 0 Å². The maximum absolute atomic E-state index is 13.2. The lowest BCUT2D eigenvalue weighted by Gasteiger charge is -2.30. The van der Waals surface area contributed by atoms with E-state index in [0.717, 1.165) is 51.6 Å². The zero-order chi connectivity index (χ0) is 24.5. The second kappa shape index (κ2) is 9.70. The van der Waals surface area contributed by atoms with Gasteiger partial charge >= 0.3 is 0 Å². The SMILES string of the molecule is CN1CCC(n2cc(NC(=O)C3=C4N=C(N[C@H]5CCCC[C@H]5N)C=CC4N=N3)c(C(N)=O)n2)CC1. The van der Waals surface area contributed by atoms with Crippen LogP contribution in [-0.2, 0) is 4.79 Å². The van der Waals surface area contributed by atoms with E-state index in [1.54, 1.807) is 10.9 Å². The monoisotopic (exact) mass is 480 g/mol. The summed E-state index contributed by atoms with van der Waals surface area (Å²) in [7, 11) is 2.07. The number of azo groups is 1. The number of aliphatic imine (C=N–C) groups is 1. The molecule has 5 rings (SSSR count). The quantitative estimate of drug-likeness (QED) is 0.491. The number of hydrogen-bond acceptors (Lipinski definition) is 9. The molecule has 1 aromatic rings. The van der Waals surface area contributed by atoms with E-state index >= 15 is 0 Å². The molecular weight excluding hydrogens is 448 g/mol. The van der Waals surface area contributed by atoms with Gasteiger partial charge < -0.3 is 27.0 Å². The van der Waals surface area contributed by atoms with Crippen LogP contribution in [0.2, 0.25) is 0 Å². The van der Waals surface area contributed by atoms with Crippen molar-refractivity contribution in [1.29, 1.82) is 0 Å². The van der Waals surface area contributed by atoms with Crippen LogP contribution in [0.1, 0.15) is 55.1 Å². The van der Waals surface area contributed by atoms with Crippen LogP contribution in [0.5, 0.6) is 0 Å². The van der Waals surface area contributed by atoms with Crippen LogP contribution in [0.4, 0.5) is 5.69 Å². The van der Waals surface area contributed by atoms with Crippen molar-refractivity contribution in [2.75, 3.05) is 25.5 Å². The van der Waals surface area contributed by atoms with Crippen LogP contribution in [-0.4, -0.2) is 70.6 Å². The number of nitrogens with two attached hydrogens (primary N) is 2. The van der Waals surface area contributed by atoms with Gasteiger partial charge in [-0.3, -0.25) is 14.3 Å². The lowest BCUT2D eigenvalue weighted by molar-refractivity contribution is -0.112. The van der Waals surface area contributed by atoms with Gasteiger partial charge in [0.2, 0.25) is 0 Å². The van der Waals surface area contributed by atoms with Gasteiger partial charge in [-0.1, -0.05) is 12.8 Å². The van der Waals surface area contributed by atoms with Crippen LogP contribution in [0.3, 0.4) is 0 Å². The number of carbonyl (C=O) groups excluding carboxylic acids is 2. The van der Waals surface area contributed by atoms with E-state index in [2.05, 4.69) is 42.9 Å². The van der Waals surface area contributed by atoms with Gasteiger partial charge in [0.1, 0.15) is 17.6 Å². The molecule has 186 valence electrons. The van der Waals surface area contributed by atoms with Gasteiger partial charge in [-0.05, 0) is 58.0 Å². The van der Waals surface area contributed by atoms with Crippen molar-refractivity contribution >= 4 is 23.3 Å². The molecule has 4 aliphatic rings. The number of amidine groups is 1. The summed E-state index contributed by atoms with van der Waals surface area (Å²) in [5, 5.41) is 18.8. The van der Waals surface area contributed by atoms with Crippen molar-refractivity contribution in [3.8, 4) is 0 Å². The molecule has 3 aliphatic heterocycles. The van der Waals surface area contributed by atoms with Gasteiger partial charge in [-0.15, -0.1) is 5.11 Å². The Kier molecular flexibility index (Phi) is 6.48. The van der Waals surface area contributed by atoms with Crippen molar-refractivity contribution in [2.24, 2.45) is 26.7 Å². The molecular formula is C23H32N10O2. The largest absolute Gasteiger partial charge is 0.366 e. The summed E-state index contributed by atoms with van der Waals surface area (Å²) >= 11 is 0. The van der Waals surface area contributed by atoms with E-state index in [9.17, 15) is 9.59 Å². The first-order chi connectivity index (χ1) is 16.9. The number of rotatable bonds is 5. The predicted molar refractivity (Wildman–Crippen MR) is 131 cm³/mol. The number of amides is 2. The number of dihydropyridines is 1. The third-order valence-electron chi connectivity index (χ3n) is 7.13. The first kappa shape index (κ1) is 23.4. The van der Waals surface area contributed by atoms with Crippen LogP contribution >= 0.6 is 0 Å². The summed E-state index contributed by atoms with van der Waals surface area (Å²) in [5.74, 6) is -0.571. The van der Waals surface area contributed by atoms with Crippen LogP contribution in [0, 0.1) is 0 Å². The molecule has 6 N–H and O–H groups in total. The van der Waals surface area contributed by atoms with E-state index in [0.29, 0.717) is 11.5 Å². The topological polar surface area (TPSA) is 168 Å². The molecule has 1 aliphatic carbocycles. The first-order valence-electron chi connectivity index (χ1n) is 12.2. The number of anilines is 1. The fourth-order valence-electron chi connectivity index (χ4n) is 5.03. The zero-order valence-electron chi connectivity index (χ0n) is 19.9. The molecule has 35 heavy (non-hydrogen) atoms. The minimum atomic E-state index is -0.704. The molecule has 1 saturated carbocycles. The maximum Gasteiger partial charge on any atom is 0.278 e. The number of fused-ring (bicyclic) bond motifs is 1. The first-order valence-corrected chi connectivity index (χ1v) is 12.2. The molecule has 12 nitrogen and oxygen atoms in total. The molecule has 1 saturated heterocycles. The molecule has 12 heteroatoms. The van der Waals surface area contributed by atoms with Crippen LogP contribution < -0.4 is 22.1 Å². The minimum Gasteiger partial charge on any atom is -0.366 e. The zero-order valence-corrected chi connectivity index (χ0v) is 19.9. The number of primary amides is 1. The van der Waals surface area contributed by atoms with E-state index in [4.69, 9.17) is 11.5 Å². The van der Waals surface area contributed by atoms with Crippen molar-refractivity contribution in [1.82, 2.24) is 20.0 Å². The fourth-order valence-corrected chi connectivity index (χ4v) is 5.03. The molecule has 2 amide bonds. The van der Waals surface area contributed by atoms with Gasteiger partial charge in [-0.2, -0.15) is 10.2 Å². The second-order valence-corrected chi connectivity index (χ2v) is 9.67. The average molecular weight is 481 g/mol. The number of aromatic nitrogens is 2. The molecule has 1 unspecified atom stereocenters. The van der Waals surface area contributed by atoms with Crippen LogP contribution in [0.25, 0.3) is 0 Å². The Morgan fingerprint density at radius 3 is 2.66 bits per heavy atom. The second-order valence-electron chi connectivity index (χ2n) is 9.67. The smallest absolute Gasteiger partial charge is 0.278 e. The van der Waals surface area contributed by atoms with E-state index in [1.807, 2.05) is 12.2 Å². The summed E-state index contributed by atoms with van der Waals surface area (Å²) < 4.78 is 1.73. The van der Waals surface area contributed by atoms with E-state index in [1.165, 1.54) is 0 Å². The number of hydrogen-bond donors (Lipinski definition) is 4. The number of nitrogens with zero attached hydrogens (tertiary/aromatic N) is 6. The van der Waals surface area contributed by atoms with Gasteiger partial charge in [0, 0.05) is 18.3 Å². The Morgan fingerprint density at radius 1 is 1.14 bits per heavy atom. The fraction of sp³-hybridized carbons (Fsp3) is 0.565. The standard InChI is InChI=1S/C23H32N10O2/c1-32-10-8-13(9-11-32)33-12-17(20(31-33)22(25)34)27-23(35)21-19-16(29-30-21)6-7-18(28-19)26-15-5-3-2-4-14(15)24/h6-7,12-16H,2-5,8-11,24H2,1H3,(H2,25,34)(H,26,28)(H,27,35)/t14-,15+,16?/m1/s1. The van der Waals surface area contributed by atoms with Crippen LogP contribution in [0.15, 0.2) is 45.0 Å². The number of likely N-dealkylation sites (tertiary alicyclic amines) is 1. The molecule has 1 aromatic heterocycles. The summed E-state index contributed by atoms with van der Waals surface area (Å²) in [6.45, 7) is 1.87. The highest BCUT2D eigenvalue weighted by Gasteiger charge is 2.32. The summed E-state index contributed by atoms with van der Waals surface area (Å²) in [6, 6.07) is -0.0692. The van der Waals surface area contributed by atoms with Gasteiger partial charge in [0.15, 0.2) is 11.4 Å². The highest BCUT2D eigenvalue weighted by molar-refractivity contribution is 6.08. The molecule has 4 heterocycles. The summed E-state index contributed by atoms with van der Waals surface area (Å²) in [6.07, 6.45) is 11.4. The van der Waals surface area contributed by atoms with Crippen molar-refractivity contribution in [3.05, 3.63) is 35.4 Å². The number of nitrogens with one attached hydrogen (secondary N) is 2. The number of piperidine rings is 1. The third-order valence-corrected chi connectivity index (χ3v) is 7.13. The molecule has 0 aromatic carbocycles. The van der Waals surface area contributed by atoms with Gasteiger partial charge in [0.25, 0.3) is 11.8 Å². The molecule has 0 radical (unpaired) electrons. The normalized spacial score (nSPS) is 27.0. The van der Waals surface area contributed by atoms with Crippen molar-refractivity contribution in [2.45, 2.75) is 62.7 Å². The lowest BCUT2D eigenvalue weighted by atomic mass is 9.91. The highest BCUT2D eigenvalue weighted by atomic mass is 16.2. The van der Waals surface area contributed by atoms with E-state index in [-0.39, 0.29) is 35.2 Å². The third kappa shape index (κ3) is 4.89. The molecule has 0 spiro atoms. The Labute approximate surface area is 203 Å². The summed E-state index contributed by atoms with van der Waals surface area (Å²) in [5.41, 5.74) is 12.7. The molecule has 3 atom stereocenters. The predicted octanol–water partition coefficient (Wildman–Crippen LogP) is 1.06. The Morgan fingerprint density at radius 2 is 1.91 bits per heavy atom. The highest BCUT2D eigenvalue weighted by Crippen LogP contribution is 2.29. The van der Waals surface area contributed by atoms with Gasteiger partial charge in [0.05, 0.1) is 11.7 Å². The van der Waals surface area contributed by atoms with Crippen molar-refractivity contribution < 1.29 is 9.59 Å². The lowest BCUT2D eigenvalue weighted by Crippen LogP contribution is -2.49. The Balaban J connectivity index is 1.34. The molecule has 0 bridgehead atoms. The Hall–Kier alpha value is -3.38. The molecule has 2 fully saturated rings. The summed E-state index contributed by atoms with van der Waals surface area (Å²) in [4.78, 5) is 32.1.